The van der Waals surface area contributed by atoms with Gasteiger partial charge < -0.3 is 15.5 Å². The van der Waals surface area contributed by atoms with Crippen LogP contribution in [-0.4, -0.2) is 30.6 Å². The molecule has 0 atom stereocenters. The van der Waals surface area contributed by atoms with Gasteiger partial charge in [0.05, 0.1) is 6.61 Å². The minimum atomic E-state index is -0.131. The second kappa shape index (κ2) is 7.21. The van der Waals surface area contributed by atoms with Gasteiger partial charge in [-0.3, -0.25) is 4.79 Å². The summed E-state index contributed by atoms with van der Waals surface area (Å²) >= 11 is 0. The average molecular weight is 278 g/mol. The number of aryl methyl sites for hydroxylation is 1. The van der Waals surface area contributed by atoms with Gasteiger partial charge in [0.25, 0.3) is 5.91 Å². The van der Waals surface area contributed by atoms with E-state index < -0.39 is 0 Å². The number of pyridine rings is 1. The van der Waals surface area contributed by atoms with Crippen molar-refractivity contribution < 1.29 is 9.53 Å². The summed E-state index contributed by atoms with van der Waals surface area (Å²) in [5, 5.41) is 2.84. The van der Waals surface area contributed by atoms with E-state index in [1.54, 1.807) is 12.1 Å². The van der Waals surface area contributed by atoms with E-state index in [1.807, 2.05) is 6.92 Å². The number of carbonyl (C=O) groups excluding carboxylic acids is 1. The van der Waals surface area contributed by atoms with Gasteiger partial charge in [0.1, 0.15) is 5.82 Å². The largest absolute Gasteiger partial charge is 0.379 e. The summed E-state index contributed by atoms with van der Waals surface area (Å²) in [6.07, 6.45) is 3.30. The van der Waals surface area contributed by atoms with Gasteiger partial charge in [0.2, 0.25) is 0 Å². The van der Waals surface area contributed by atoms with E-state index in [-0.39, 0.29) is 5.91 Å². The highest BCUT2D eigenvalue weighted by atomic mass is 16.5. The van der Waals surface area contributed by atoms with E-state index in [1.165, 1.54) is 12.8 Å². The number of carbonyl (C=O) groups is 1. The first-order valence-corrected chi connectivity index (χ1v) is 7.06. The van der Waals surface area contributed by atoms with Crippen LogP contribution < -0.4 is 16.6 Å². The fourth-order valence-electron chi connectivity index (χ4n) is 1.85. The highest BCUT2D eigenvalue weighted by Crippen LogP contribution is 2.28. The SMILES string of the molecule is CCc1cc(C(=O)NCCOCC2CC2)cc(NN)n1. The molecule has 0 bridgehead atoms. The normalized spacial score (nSPS) is 14.1. The second-order valence-corrected chi connectivity index (χ2v) is 5.00. The molecule has 20 heavy (non-hydrogen) atoms. The third-order valence-electron chi connectivity index (χ3n) is 3.23. The summed E-state index contributed by atoms with van der Waals surface area (Å²) < 4.78 is 5.47. The predicted octanol–water partition coefficient (Wildman–Crippen LogP) is 1.09. The lowest BCUT2D eigenvalue weighted by Gasteiger charge is -2.09. The molecule has 1 amide bonds. The molecule has 1 aromatic rings. The Kier molecular flexibility index (Phi) is 5.31. The molecule has 0 spiro atoms. The van der Waals surface area contributed by atoms with Crippen molar-refractivity contribution in [3.63, 3.8) is 0 Å². The van der Waals surface area contributed by atoms with Gasteiger partial charge in [-0.1, -0.05) is 6.92 Å². The van der Waals surface area contributed by atoms with Crippen molar-refractivity contribution in [3.05, 3.63) is 23.4 Å². The Bertz CT molecular complexity index is 438. The molecule has 1 saturated carbocycles. The van der Waals surface area contributed by atoms with Gasteiger partial charge in [0, 0.05) is 24.4 Å². The van der Waals surface area contributed by atoms with E-state index in [9.17, 15) is 4.79 Å². The Balaban J connectivity index is 1.80. The zero-order chi connectivity index (χ0) is 14.4. The highest BCUT2D eigenvalue weighted by molar-refractivity contribution is 5.94. The van der Waals surface area contributed by atoms with Crippen molar-refractivity contribution in [3.8, 4) is 0 Å². The quantitative estimate of drug-likeness (QED) is 0.376. The Morgan fingerprint density at radius 1 is 1.50 bits per heavy atom. The van der Waals surface area contributed by atoms with Crippen molar-refractivity contribution >= 4 is 11.7 Å². The number of hydrogen-bond donors (Lipinski definition) is 3. The van der Waals surface area contributed by atoms with Gasteiger partial charge in [-0.05, 0) is 37.3 Å². The first-order chi connectivity index (χ1) is 9.72. The van der Waals surface area contributed by atoms with Crippen LogP contribution in [0.1, 0.15) is 35.8 Å². The fourth-order valence-corrected chi connectivity index (χ4v) is 1.85. The molecule has 1 aliphatic rings. The van der Waals surface area contributed by atoms with Crippen LogP contribution in [0.3, 0.4) is 0 Å². The summed E-state index contributed by atoms with van der Waals surface area (Å²) in [5.41, 5.74) is 3.87. The topological polar surface area (TPSA) is 89.3 Å². The van der Waals surface area contributed by atoms with Crippen LogP contribution in [0.2, 0.25) is 0 Å². The molecule has 0 aromatic carbocycles. The summed E-state index contributed by atoms with van der Waals surface area (Å²) in [6, 6.07) is 3.42. The maximum absolute atomic E-state index is 12.0. The van der Waals surface area contributed by atoms with Gasteiger partial charge >= 0.3 is 0 Å². The first kappa shape index (κ1) is 14.7. The third kappa shape index (κ3) is 4.47. The van der Waals surface area contributed by atoms with E-state index in [0.29, 0.717) is 24.5 Å². The molecular weight excluding hydrogens is 256 g/mol. The Hall–Kier alpha value is -1.66. The number of hydrogen-bond acceptors (Lipinski definition) is 5. The second-order valence-electron chi connectivity index (χ2n) is 5.00. The summed E-state index contributed by atoms with van der Waals surface area (Å²) in [7, 11) is 0. The predicted molar refractivity (Wildman–Crippen MR) is 77.3 cm³/mol. The van der Waals surface area contributed by atoms with Crippen LogP contribution in [0.15, 0.2) is 12.1 Å². The third-order valence-corrected chi connectivity index (χ3v) is 3.23. The monoisotopic (exact) mass is 278 g/mol. The smallest absolute Gasteiger partial charge is 0.251 e. The van der Waals surface area contributed by atoms with Gasteiger partial charge in [-0.2, -0.15) is 0 Å². The molecule has 1 aromatic heterocycles. The number of nitrogens with two attached hydrogens (primary N) is 1. The Morgan fingerprint density at radius 2 is 2.30 bits per heavy atom. The van der Waals surface area contributed by atoms with Crippen molar-refractivity contribution in [2.75, 3.05) is 25.2 Å². The molecule has 0 unspecified atom stereocenters. The highest BCUT2D eigenvalue weighted by Gasteiger charge is 2.20. The minimum Gasteiger partial charge on any atom is -0.379 e. The molecule has 1 aliphatic carbocycles. The first-order valence-electron chi connectivity index (χ1n) is 7.06. The van der Waals surface area contributed by atoms with Crippen molar-refractivity contribution in [1.29, 1.82) is 0 Å². The molecule has 6 heteroatoms. The number of nitrogens with one attached hydrogen (secondary N) is 2. The molecule has 110 valence electrons. The lowest BCUT2D eigenvalue weighted by molar-refractivity contribution is 0.0906. The molecule has 1 heterocycles. The number of nitrogens with zero attached hydrogens (tertiary/aromatic N) is 1. The molecule has 1 fully saturated rings. The average Bonchev–Trinajstić information content (AvgIpc) is 3.30. The van der Waals surface area contributed by atoms with Gasteiger partial charge in [0.15, 0.2) is 0 Å². The molecule has 0 saturated heterocycles. The summed E-state index contributed by atoms with van der Waals surface area (Å²) in [4.78, 5) is 16.3. The fraction of sp³-hybridized carbons (Fsp3) is 0.571. The van der Waals surface area contributed by atoms with Gasteiger partial charge in [-0.15, -0.1) is 0 Å². The maximum atomic E-state index is 12.0. The lowest BCUT2D eigenvalue weighted by Crippen LogP contribution is -2.28. The number of hydrazine groups is 1. The molecule has 6 nitrogen and oxygen atoms in total. The molecule has 4 N–H and O–H groups in total. The standard InChI is InChI=1S/C14H22N4O2/c1-2-12-7-11(8-13(17-12)18-15)14(19)16-5-6-20-9-10-3-4-10/h7-8,10H,2-6,9,15H2,1H3,(H,16,19)(H,17,18). The Labute approximate surface area is 119 Å². The Morgan fingerprint density at radius 3 is 2.95 bits per heavy atom. The number of nitrogen functional groups attached to an aromatic ring is 1. The van der Waals surface area contributed by atoms with E-state index >= 15 is 0 Å². The zero-order valence-corrected chi connectivity index (χ0v) is 11.8. The van der Waals surface area contributed by atoms with E-state index in [4.69, 9.17) is 10.6 Å². The summed E-state index contributed by atoms with van der Waals surface area (Å²) in [6.45, 7) is 3.86. The number of aromatic nitrogens is 1. The minimum absolute atomic E-state index is 0.131. The number of amides is 1. The number of ether oxygens (including phenoxy) is 1. The maximum Gasteiger partial charge on any atom is 0.251 e. The molecule has 0 radical (unpaired) electrons. The molecular formula is C14H22N4O2. The summed E-state index contributed by atoms with van der Waals surface area (Å²) in [5.74, 6) is 6.47. The van der Waals surface area contributed by atoms with Crippen LogP contribution in [-0.2, 0) is 11.2 Å². The number of anilines is 1. The van der Waals surface area contributed by atoms with Crippen molar-refractivity contribution in [1.82, 2.24) is 10.3 Å². The van der Waals surface area contributed by atoms with Crippen LogP contribution in [0, 0.1) is 5.92 Å². The van der Waals surface area contributed by atoms with Crippen molar-refractivity contribution in [2.45, 2.75) is 26.2 Å². The van der Waals surface area contributed by atoms with Crippen LogP contribution >= 0.6 is 0 Å². The van der Waals surface area contributed by atoms with Crippen LogP contribution in [0.4, 0.5) is 5.82 Å². The van der Waals surface area contributed by atoms with E-state index in [0.717, 1.165) is 24.6 Å². The number of rotatable bonds is 8. The van der Waals surface area contributed by atoms with Crippen LogP contribution in [0.5, 0.6) is 0 Å². The molecule has 2 rings (SSSR count). The zero-order valence-electron chi connectivity index (χ0n) is 11.8. The van der Waals surface area contributed by atoms with Crippen molar-refractivity contribution in [2.24, 2.45) is 11.8 Å². The van der Waals surface area contributed by atoms with Gasteiger partial charge in [-0.25, -0.2) is 10.8 Å². The van der Waals surface area contributed by atoms with Crippen LogP contribution in [0.25, 0.3) is 0 Å². The lowest BCUT2D eigenvalue weighted by atomic mass is 10.2. The molecule has 0 aliphatic heterocycles. The van der Waals surface area contributed by atoms with E-state index in [2.05, 4.69) is 15.7 Å².